The maximum Gasteiger partial charge on any atom is 0.311 e. The van der Waals surface area contributed by atoms with E-state index in [1.165, 1.54) is 10.9 Å². The topological polar surface area (TPSA) is 111 Å². The van der Waals surface area contributed by atoms with Gasteiger partial charge in [0.05, 0.1) is 22.6 Å². The molecule has 26 heavy (non-hydrogen) atoms. The second-order valence-electron chi connectivity index (χ2n) is 6.48. The minimum Gasteiger partial charge on any atom is -0.481 e. The van der Waals surface area contributed by atoms with Crippen LogP contribution in [-0.4, -0.2) is 46.3 Å². The van der Waals surface area contributed by atoms with Gasteiger partial charge in [-0.25, -0.2) is 4.98 Å². The molecule has 0 bridgehead atoms. The zero-order valence-electron chi connectivity index (χ0n) is 14.3. The lowest BCUT2D eigenvalue weighted by atomic mass is 9.80. The number of aromatic nitrogens is 2. The fourth-order valence-corrected chi connectivity index (χ4v) is 3.07. The summed E-state index contributed by atoms with van der Waals surface area (Å²) in [6.45, 7) is 1.00. The van der Waals surface area contributed by atoms with E-state index in [4.69, 9.17) is 4.74 Å². The fraction of sp³-hybridized carbons (Fsp3) is 0.444. The summed E-state index contributed by atoms with van der Waals surface area (Å²) in [6.07, 6.45) is 2.24. The summed E-state index contributed by atoms with van der Waals surface area (Å²) in [6, 6.07) is 7.03. The van der Waals surface area contributed by atoms with E-state index in [0.717, 1.165) is 0 Å². The molecular weight excluding hydrogens is 338 g/mol. The highest BCUT2D eigenvalue weighted by atomic mass is 16.5. The average Bonchev–Trinajstić information content (AvgIpc) is 2.66. The lowest BCUT2D eigenvalue weighted by Gasteiger charge is -2.33. The van der Waals surface area contributed by atoms with Crippen LogP contribution in [0.15, 0.2) is 35.4 Å². The summed E-state index contributed by atoms with van der Waals surface area (Å²) in [5, 5.41) is 12.7. The Balaban J connectivity index is 1.60. The van der Waals surface area contributed by atoms with Crippen LogP contribution in [0, 0.1) is 5.41 Å². The third-order valence-electron chi connectivity index (χ3n) is 4.84. The molecule has 0 atom stereocenters. The summed E-state index contributed by atoms with van der Waals surface area (Å²) in [5.41, 5.74) is -0.564. The molecule has 8 nitrogen and oxygen atoms in total. The molecule has 0 unspecified atom stereocenters. The molecule has 0 saturated carbocycles. The van der Waals surface area contributed by atoms with Crippen molar-refractivity contribution in [2.75, 3.05) is 19.8 Å². The van der Waals surface area contributed by atoms with Crippen LogP contribution >= 0.6 is 0 Å². The highest BCUT2D eigenvalue weighted by Gasteiger charge is 2.40. The van der Waals surface area contributed by atoms with Crippen molar-refractivity contribution in [2.24, 2.45) is 5.41 Å². The Labute approximate surface area is 149 Å². The van der Waals surface area contributed by atoms with Gasteiger partial charge in [-0.2, -0.15) is 0 Å². The van der Waals surface area contributed by atoms with E-state index >= 15 is 0 Å². The van der Waals surface area contributed by atoms with Crippen molar-refractivity contribution in [3.63, 3.8) is 0 Å². The first-order chi connectivity index (χ1) is 12.5. The van der Waals surface area contributed by atoms with Gasteiger partial charge in [-0.05, 0) is 25.0 Å². The normalized spacial score (nSPS) is 16.3. The number of carboxylic acids is 1. The molecule has 0 aliphatic carbocycles. The standard InChI is InChI=1S/C18H21N3O5/c22-15(19-11-18(17(24)25)6-9-26-10-7-18)5-8-21-12-20-14-4-2-1-3-13(14)16(21)23/h1-4,12H,5-11H2,(H,19,22)(H,24,25). The third-order valence-corrected chi connectivity index (χ3v) is 4.84. The molecule has 1 amide bonds. The Morgan fingerprint density at radius 3 is 2.73 bits per heavy atom. The van der Waals surface area contributed by atoms with Gasteiger partial charge in [0, 0.05) is 32.7 Å². The number of aryl methyl sites for hydroxylation is 1. The van der Waals surface area contributed by atoms with Gasteiger partial charge in [-0.1, -0.05) is 12.1 Å². The number of nitrogens with zero attached hydrogens (tertiary/aromatic N) is 2. The van der Waals surface area contributed by atoms with Crippen LogP contribution in [0.5, 0.6) is 0 Å². The number of carbonyl (C=O) groups excluding carboxylic acids is 1. The molecule has 2 N–H and O–H groups in total. The van der Waals surface area contributed by atoms with E-state index in [1.54, 1.807) is 24.3 Å². The first-order valence-electron chi connectivity index (χ1n) is 8.54. The van der Waals surface area contributed by atoms with Gasteiger partial charge in [0.2, 0.25) is 5.91 Å². The Hall–Kier alpha value is -2.74. The maximum atomic E-state index is 12.4. The minimum atomic E-state index is -0.977. The van der Waals surface area contributed by atoms with Crippen molar-refractivity contribution in [3.05, 3.63) is 40.9 Å². The molecule has 1 saturated heterocycles. The van der Waals surface area contributed by atoms with Crippen molar-refractivity contribution in [3.8, 4) is 0 Å². The van der Waals surface area contributed by atoms with Crippen LogP contribution in [0.3, 0.4) is 0 Å². The Morgan fingerprint density at radius 2 is 2.00 bits per heavy atom. The van der Waals surface area contributed by atoms with Crippen LogP contribution in [0.2, 0.25) is 0 Å². The highest BCUT2D eigenvalue weighted by Crippen LogP contribution is 2.30. The summed E-state index contributed by atoms with van der Waals surface area (Å²) in [4.78, 5) is 40.3. The summed E-state index contributed by atoms with van der Waals surface area (Å²) < 4.78 is 6.61. The molecule has 1 fully saturated rings. The molecule has 8 heteroatoms. The van der Waals surface area contributed by atoms with E-state index in [-0.39, 0.29) is 31.0 Å². The van der Waals surface area contributed by atoms with Crippen molar-refractivity contribution in [1.82, 2.24) is 14.9 Å². The number of nitrogens with one attached hydrogen (secondary N) is 1. The molecule has 1 aromatic carbocycles. The second kappa shape index (κ2) is 7.65. The summed E-state index contributed by atoms with van der Waals surface area (Å²) in [7, 11) is 0. The van der Waals surface area contributed by atoms with Crippen LogP contribution in [-0.2, 0) is 20.9 Å². The van der Waals surface area contributed by atoms with Crippen LogP contribution in [0.4, 0.5) is 0 Å². The first kappa shape index (κ1) is 18.1. The first-order valence-corrected chi connectivity index (χ1v) is 8.54. The molecule has 1 aliphatic heterocycles. The monoisotopic (exact) mass is 359 g/mol. The van der Waals surface area contributed by atoms with Gasteiger partial charge in [-0.15, -0.1) is 0 Å². The SMILES string of the molecule is O=C(CCn1cnc2ccccc2c1=O)NCC1(C(=O)O)CCOCC1. The van der Waals surface area contributed by atoms with E-state index in [0.29, 0.717) is 37.0 Å². The zero-order valence-corrected chi connectivity index (χ0v) is 14.3. The second-order valence-corrected chi connectivity index (χ2v) is 6.48. The number of hydrogen-bond donors (Lipinski definition) is 2. The third kappa shape index (κ3) is 3.75. The smallest absolute Gasteiger partial charge is 0.311 e. The highest BCUT2D eigenvalue weighted by molar-refractivity contribution is 5.79. The molecule has 0 spiro atoms. The summed E-state index contributed by atoms with van der Waals surface area (Å²) in [5.74, 6) is -1.21. The average molecular weight is 359 g/mol. The van der Waals surface area contributed by atoms with E-state index in [9.17, 15) is 19.5 Å². The van der Waals surface area contributed by atoms with Gasteiger partial charge in [0.15, 0.2) is 0 Å². The lowest BCUT2D eigenvalue weighted by Crippen LogP contribution is -2.46. The van der Waals surface area contributed by atoms with Crippen molar-refractivity contribution in [2.45, 2.75) is 25.8 Å². The van der Waals surface area contributed by atoms with Crippen molar-refractivity contribution >= 4 is 22.8 Å². The zero-order chi connectivity index (χ0) is 18.6. The molecule has 138 valence electrons. The van der Waals surface area contributed by atoms with Gasteiger partial charge in [0.25, 0.3) is 5.56 Å². The van der Waals surface area contributed by atoms with Crippen LogP contribution in [0.25, 0.3) is 10.9 Å². The number of carboxylic acid groups (broad SMARTS) is 1. The molecule has 3 rings (SSSR count). The minimum absolute atomic E-state index is 0.0649. The van der Waals surface area contributed by atoms with Crippen LogP contribution < -0.4 is 10.9 Å². The molecule has 0 radical (unpaired) electrons. The number of benzene rings is 1. The van der Waals surface area contributed by atoms with Gasteiger partial charge < -0.3 is 15.2 Å². The number of amides is 1. The molecule has 1 aliphatic rings. The van der Waals surface area contributed by atoms with E-state index < -0.39 is 11.4 Å². The number of rotatable bonds is 6. The lowest BCUT2D eigenvalue weighted by molar-refractivity contribution is -0.154. The Morgan fingerprint density at radius 1 is 1.27 bits per heavy atom. The number of para-hydroxylation sites is 1. The van der Waals surface area contributed by atoms with E-state index in [1.807, 2.05) is 0 Å². The predicted octanol–water partition coefficient (Wildman–Crippen LogP) is 0.784. The van der Waals surface area contributed by atoms with Crippen molar-refractivity contribution < 1.29 is 19.4 Å². The number of fused-ring (bicyclic) bond motifs is 1. The largest absolute Gasteiger partial charge is 0.481 e. The molecular formula is C18H21N3O5. The maximum absolute atomic E-state index is 12.4. The van der Waals surface area contributed by atoms with Gasteiger partial charge in [-0.3, -0.25) is 19.0 Å². The number of ether oxygens (including phenoxy) is 1. The molecule has 1 aromatic heterocycles. The fourth-order valence-electron chi connectivity index (χ4n) is 3.07. The Kier molecular flexibility index (Phi) is 5.32. The van der Waals surface area contributed by atoms with E-state index in [2.05, 4.69) is 10.3 Å². The number of carbonyl (C=O) groups is 2. The number of hydrogen-bond acceptors (Lipinski definition) is 5. The van der Waals surface area contributed by atoms with Gasteiger partial charge in [0.1, 0.15) is 0 Å². The molecule has 2 heterocycles. The van der Waals surface area contributed by atoms with Gasteiger partial charge >= 0.3 is 5.97 Å². The summed E-state index contributed by atoms with van der Waals surface area (Å²) >= 11 is 0. The quantitative estimate of drug-likeness (QED) is 0.789. The molecule has 2 aromatic rings. The Bertz CT molecular complexity index is 871. The predicted molar refractivity (Wildman–Crippen MR) is 93.8 cm³/mol. The number of aliphatic carboxylic acids is 1. The van der Waals surface area contributed by atoms with Crippen molar-refractivity contribution in [1.29, 1.82) is 0 Å². The van der Waals surface area contributed by atoms with Crippen LogP contribution in [0.1, 0.15) is 19.3 Å².